The van der Waals surface area contributed by atoms with Gasteiger partial charge in [-0.05, 0) is 24.3 Å². The van der Waals surface area contributed by atoms with Gasteiger partial charge in [-0.3, -0.25) is 4.79 Å². The highest BCUT2D eigenvalue weighted by atomic mass is 79.9. The van der Waals surface area contributed by atoms with Crippen LogP contribution in [-0.4, -0.2) is 36.9 Å². The zero-order valence-electron chi connectivity index (χ0n) is 9.66. The van der Waals surface area contributed by atoms with Gasteiger partial charge in [-0.15, -0.1) is 11.6 Å². The van der Waals surface area contributed by atoms with Gasteiger partial charge in [0, 0.05) is 23.8 Å². The van der Waals surface area contributed by atoms with Gasteiger partial charge >= 0.3 is 0 Å². The molecule has 0 N–H and O–H groups in total. The van der Waals surface area contributed by atoms with Crippen LogP contribution in [0.15, 0.2) is 28.7 Å². The van der Waals surface area contributed by atoms with E-state index >= 15 is 0 Å². The van der Waals surface area contributed by atoms with Crippen molar-refractivity contribution < 1.29 is 9.53 Å². The molecule has 17 heavy (non-hydrogen) atoms. The quantitative estimate of drug-likeness (QED) is 0.754. The van der Waals surface area contributed by atoms with Crippen LogP contribution in [0.25, 0.3) is 0 Å². The molecule has 0 heterocycles. The number of nitrogens with zero attached hydrogens (tertiary/aromatic N) is 1. The van der Waals surface area contributed by atoms with Crippen LogP contribution in [-0.2, 0) is 4.79 Å². The minimum absolute atomic E-state index is 0.0411. The molecule has 0 aliphatic rings. The van der Waals surface area contributed by atoms with Crippen molar-refractivity contribution in [2.75, 3.05) is 26.1 Å². The molecule has 0 saturated carbocycles. The summed E-state index contributed by atoms with van der Waals surface area (Å²) in [5, 5.41) is 0. The van der Waals surface area contributed by atoms with E-state index in [1.807, 2.05) is 24.3 Å². The lowest BCUT2D eigenvalue weighted by Gasteiger charge is -2.16. The number of carbonyl (C=O) groups excluding carboxylic acids is 1. The number of alkyl halides is 1. The minimum Gasteiger partial charge on any atom is -0.492 e. The van der Waals surface area contributed by atoms with Crippen molar-refractivity contribution in [3.05, 3.63) is 28.7 Å². The monoisotopic (exact) mass is 319 g/mol. The Labute approximate surface area is 115 Å². The average molecular weight is 321 g/mol. The molecule has 94 valence electrons. The summed E-state index contributed by atoms with van der Waals surface area (Å²) >= 11 is 8.85. The Kier molecular flexibility index (Phi) is 6.37. The highest BCUT2D eigenvalue weighted by molar-refractivity contribution is 9.10. The largest absolute Gasteiger partial charge is 0.492 e. The van der Waals surface area contributed by atoms with Crippen molar-refractivity contribution >= 4 is 33.4 Å². The molecule has 1 aromatic rings. The molecule has 1 amide bonds. The van der Waals surface area contributed by atoms with Crippen LogP contribution in [0.2, 0.25) is 0 Å². The zero-order chi connectivity index (χ0) is 12.7. The van der Waals surface area contributed by atoms with Gasteiger partial charge in [0.05, 0.1) is 6.54 Å². The van der Waals surface area contributed by atoms with Gasteiger partial charge in [-0.1, -0.05) is 15.9 Å². The van der Waals surface area contributed by atoms with E-state index in [0.717, 1.165) is 10.2 Å². The first-order valence-corrected chi connectivity index (χ1v) is 6.64. The number of ether oxygens (including phenoxy) is 1. The van der Waals surface area contributed by atoms with Gasteiger partial charge in [0.2, 0.25) is 5.91 Å². The lowest BCUT2D eigenvalue weighted by atomic mass is 10.3. The van der Waals surface area contributed by atoms with E-state index in [4.69, 9.17) is 16.3 Å². The van der Waals surface area contributed by atoms with E-state index in [2.05, 4.69) is 15.9 Å². The predicted octanol–water partition coefficient (Wildman–Crippen LogP) is 2.92. The molecule has 0 radical (unpaired) electrons. The first-order valence-electron chi connectivity index (χ1n) is 5.32. The van der Waals surface area contributed by atoms with Crippen LogP contribution < -0.4 is 4.74 Å². The Hall–Kier alpha value is -0.740. The summed E-state index contributed by atoms with van der Waals surface area (Å²) in [5.74, 6) is 1.20. The van der Waals surface area contributed by atoms with Crippen LogP contribution in [0.5, 0.6) is 5.75 Å². The summed E-state index contributed by atoms with van der Waals surface area (Å²) in [6.45, 7) is 1.04. The van der Waals surface area contributed by atoms with E-state index in [1.54, 1.807) is 11.9 Å². The van der Waals surface area contributed by atoms with E-state index < -0.39 is 0 Å². The number of hydrogen-bond acceptors (Lipinski definition) is 2. The number of carbonyl (C=O) groups is 1. The van der Waals surface area contributed by atoms with E-state index in [9.17, 15) is 4.79 Å². The van der Waals surface area contributed by atoms with Gasteiger partial charge in [0.25, 0.3) is 0 Å². The number of amides is 1. The summed E-state index contributed by atoms with van der Waals surface area (Å²) in [6, 6.07) is 7.59. The Bertz CT molecular complexity index is 356. The summed E-state index contributed by atoms with van der Waals surface area (Å²) in [7, 11) is 1.75. The molecule has 3 nitrogen and oxygen atoms in total. The molecular weight excluding hydrogens is 305 g/mol. The maximum Gasteiger partial charge on any atom is 0.223 e. The van der Waals surface area contributed by atoms with Gasteiger partial charge in [0.1, 0.15) is 12.4 Å². The molecule has 0 aromatic heterocycles. The summed E-state index contributed by atoms with van der Waals surface area (Å²) in [4.78, 5) is 13.0. The van der Waals surface area contributed by atoms with Crippen molar-refractivity contribution in [1.82, 2.24) is 4.90 Å². The van der Waals surface area contributed by atoms with Gasteiger partial charge < -0.3 is 9.64 Å². The van der Waals surface area contributed by atoms with Crippen LogP contribution in [0.1, 0.15) is 6.42 Å². The fourth-order valence-corrected chi connectivity index (χ4v) is 1.65. The smallest absolute Gasteiger partial charge is 0.223 e. The Balaban J connectivity index is 2.27. The van der Waals surface area contributed by atoms with Crippen LogP contribution in [0.3, 0.4) is 0 Å². The topological polar surface area (TPSA) is 29.5 Å². The van der Waals surface area contributed by atoms with E-state index in [0.29, 0.717) is 25.5 Å². The predicted molar refractivity (Wildman–Crippen MR) is 72.6 cm³/mol. The third-order valence-electron chi connectivity index (χ3n) is 2.24. The molecule has 1 rings (SSSR count). The second-order valence-electron chi connectivity index (χ2n) is 3.56. The first-order chi connectivity index (χ1) is 8.13. The standard InChI is InChI=1S/C12H15BrClNO2/c1-15(12(16)6-7-14)8-9-17-11-4-2-10(13)3-5-11/h2-5H,6-9H2,1H3. The molecule has 0 fully saturated rings. The van der Waals surface area contributed by atoms with Crippen LogP contribution in [0, 0.1) is 0 Å². The van der Waals surface area contributed by atoms with Gasteiger partial charge in [-0.25, -0.2) is 0 Å². The number of hydrogen-bond donors (Lipinski definition) is 0. The Morgan fingerprint density at radius 3 is 2.65 bits per heavy atom. The lowest BCUT2D eigenvalue weighted by molar-refractivity contribution is -0.129. The van der Waals surface area contributed by atoms with Crippen molar-refractivity contribution in [1.29, 1.82) is 0 Å². The third kappa shape index (κ3) is 5.41. The summed E-state index contributed by atoms with van der Waals surface area (Å²) in [6.07, 6.45) is 0.371. The SMILES string of the molecule is CN(CCOc1ccc(Br)cc1)C(=O)CCCl. The van der Waals surface area contributed by atoms with Crippen molar-refractivity contribution in [2.24, 2.45) is 0 Å². The van der Waals surface area contributed by atoms with Crippen LogP contribution >= 0.6 is 27.5 Å². The Morgan fingerprint density at radius 1 is 1.41 bits per heavy atom. The maximum atomic E-state index is 11.4. The van der Waals surface area contributed by atoms with E-state index in [1.165, 1.54) is 0 Å². The molecular formula is C12H15BrClNO2. The highest BCUT2D eigenvalue weighted by Crippen LogP contribution is 2.15. The van der Waals surface area contributed by atoms with Crippen molar-refractivity contribution in [3.8, 4) is 5.75 Å². The number of halogens is 2. The molecule has 0 bridgehead atoms. The number of rotatable bonds is 6. The summed E-state index contributed by atoms with van der Waals surface area (Å²) < 4.78 is 6.53. The second kappa shape index (κ2) is 7.56. The average Bonchev–Trinajstić information content (AvgIpc) is 2.32. The molecule has 1 aromatic carbocycles. The fourth-order valence-electron chi connectivity index (χ4n) is 1.23. The minimum atomic E-state index is 0.0411. The number of benzene rings is 1. The fraction of sp³-hybridized carbons (Fsp3) is 0.417. The third-order valence-corrected chi connectivity index (χ3v) is 2.96. The maximum absolute atomic E-state index is 11.4. The zero-order valence-corrected chi connectivity index (χ0v) is 12.0. The molecule has 0 spiro atoms. The summed E-state index contributed by atoms with van der Waals surface area (Å²) in [5.41, 5.74) is 0. The normalized spacial score (nSPS) is 10.1. The van der Waals surface area contributed by atoms with Crippen molar-refractivity contribution in [2.45, 2.75) is 6.42 Å². The van der Waals surface area contributed by atoms with Gasteiger partial charge in [-0.2, -0.15) is 0 Å². The lowest BCUT2D eigenvalue weighted by Crippen LogP contribution is -2.30. The Morgan fingerprint density at radius 2 is 2.06 bits per heavy atom. The second-order valence-corrected chi connectivity index (χ2v) is 4.85. The van der Waals surface area contributed by atoms with Gasteiger partial charge in [0.15, 0.2) is 0 Å². The van der Waals surface area contributed by atoms with E-state index in [-0.39, 0.29) is 5.91 Å². The molecule has 0 unspecified atom stereocenters. The first kappa shape index (κ1) is 14.3. The molecule has 0 atom stereocenters. The molecule has 0 saturated heterocycles. The van der Waals surface area contributed by atoms with Crippen LogP contribution in [0.4, 0.5) is 0 Å². The highest BCUT2D eigenvalue weighted by Gasteiger charge is 2.07. The molecule has 0 aliphatic carbocycles. The molecule has 0 aliphatic heterocycles. The number of likely N-dealkylation sites (N-methyl/N-ethyl adjacent to an activating group) is 1. The molecule has 5 heteroatoms. The van der Waals surface area contributed by atoms with Crippen molar-refractivity contribution in [3.63, 3.8) is 0 Å².